The summed E-state index contributed by atoms with van der Waals surface area (Å²) in [6, 6.07) is 0. The third kappa shape index (κ3) is 1.88. The molecule has 17 heavy (non-hydrogen) atoms. The van der Waals surface area contributed by atoms with Gasteiger partial charge in [-0.1, -0.05) is 41.5 Å². The van der Waals surface area contributed by atoms with Crippen LogP contribution in [0.25, 0.3) is 0 Å². The van der Waals surface area contributed by atoms with Gasteiger partial charge in [-0.05, 0) is 29.2 Å². The van der Waals surface area contributed by atoms with Gasteiger partial charge in [0, 0.05) is 17.8 Å². The Morgan fingerprint density at radius 2 is 1.53 bits per heavy atom. The molecule has 1 aromatic rings. The summed E-state index contributed by atoms with van der Waals surface area (Å²) in [5, 5.41) is 0. The van der Waals surface area contributed by atoms with Crippen molar-refractivity contribution in [3.63, 3.8) is 0 Å². The molecule has 0 amide bonds. The van der Waals surface area contributed by atoms with Crippen molar-refractivity contribution in [3.8, 4) is 0 Å². The lowest BCUT2D eigenvalue weighted by molar-refractivity contribution is 0.0350. The fraction of sp³-hybridized carbons (Fsp3) is 0.733. The van der Waals surface area contributed by atoms with Gasteiger partial charge in [-0.3, -0.25) is 0 Å². The van der Waals surface area contributed by atoms with E-state index in [1.165, 1.54) is 18.4 Å². The van der Waals surface area contributed by atoms with E-state index >= 15 is 0 Å². The van der Waals surface area contributed by atoms with Crippen LogP contribution < -0.4 is 0 Å². The summed E-state index contributed by atoms with van der Waals surface area (Å²) in [7, 11) is 0. The average Bonchev–Trinajstić information content (AvgIpc) is 2.25. The molecule has 1 aromatic heterocycles. The number of hydrogen-bond acceptors (Lipinski definition) is 2. The van der Waals surface area contributed by atoms with Crippen LogP contribution >= 0.6 is 0 Å². The molecule has 0 spiro atoms. The van der Waals surface area contributed by atoms with Gasteiger partial charge in [0.15, 0.2) is 0 Å². The molecule has 1 unspecified atom stereocenters. The van der Waals surface area contributed by atoms with Gasteiger partial charge in [0.25, 0.3) is 0 Å². The monoisotopic (exact) mass is 232 g/mol. The van der Waals surface area contributed by atoms with Crippen molar-refractivity contribution >= 4 is 0 Å². The zero-order valence-electron chi connectivity index (χ0n) is 12.0. The molecular weight excluding hydrogens is 208 g/mol. The number of nitrogens with zero attached hydrogens (tertiary/aromatic N) is 2. The van der Waals surface area contributed by atoms with Crippen LogP contribution in [0.15, 0.2) is 12.4 Å². The largest absolute Gasteiger partial charge is 0.240 e. The van der Waals surface area contributed by atoms with Crippen LogP contribution in [0, 0.1) is 5.41 Å². The summed E-state index contributed by atoms with van der Waals surface area (Å²) >= 11 is 0. The van der Waals surface area contributed by atoms with Crippen LogP contribution in [0.3, 0.4) is 0 Å². The smallest absolute Gasteiger partial charge is 0.134 e. The third-order valence-electron chi connectivity index (χ3n) is 4.76. The van der Waals surface area contributed by atoms with Gasteiger partial charge < -0.3 is 0 Å². The Morgan fingerprint density at radius 3 is 1.82 bits per heavy atom. The molecule has 1 atom stereocenters. The summed E-state index contributed by atoms with van der Waals surface area (Å²) in [5.41, 5.74) is 1.83. The van der Waals surface area contributed by atoms with E-state index in [0.717, 1.165) is 5.82 Å². The molecule has 1 saturated carbocycles. The first-order valence-electron chi connectivity index (χ1n) is 6.50. The lowest BCUT2D eigenvalue weighted by Crippen LogP contribution is -2.49. The van der Waals surface area contributed by atoms with Gasteiger partial charge in [-0.2, -0.15) is 0 Å². The van der Waals surface area contributed by atoms with E-state index in [1.54, 1.807) is 0 Å². The fourth-order valence-corrected chi connectivity index (χ4v) is 2.41. The average molecular weight is 232 g/mol. The van der Waals surface area contributed by atoms with Crippen LogP contribution in [0.1, 0.15) is 65.8 Å². The summed E-state index contributed by atoms with van der Waals surface area (Å²) in [6.07, 6.45) is 6.48. The minimum Gasteiger partial charge on any atom is -0.240 e. The van der Waals surface area contributed by atoms with E-state index in [2.05, 4.69) is 51.5 Å². The van der Waals surface area contributed by atoms with E-state index < -0.39 is 0 Å². The normalized spacial score (nSPS) is 27.6. The Hall–Kier alpha value is -0.920. The van der Waals surface area contributed by atoms with E-state index in [1.807, 2.05) is 12.4 Å². The molecular formula is C15H24N2. The quantitative estimate of drug-likeness (QED) is 0.735. The predicted molar refractivity (Wildman–Crippen MR) is 71.1 cm³/mol. The number of aromatic nitrogens is 2. The molecule has 1 aliphatic rings. The van der Waals surface area contributed by atoms with Gasteiger partial charge in [0.2, 0.25) is 0 Å². The highest BCUT2D eigenvalue weighted by Gasteiger charge is 2.52. The predicted octanol–water partition coefficient (Wildman–Crippen LogP) is 3.85. The lowest BCUT2D eigenvalue weighted by Gasteiger charge is -2.53. The van der Waals surface area contributed by atoms with Crippen LogP contribution in [-0.2, 0) is 10.8 Å². The molecule has 1 aliphatic carbocycles. The van der Waals surface area contributed by atoms with Gasteiger partial charge in [-0.15, -0.1) is 0 Å². The highest BCUT2D eigenvalue weighted by Crippen LogP contribution is 2.56. The first kappa shape index (κ1) is 12.5. The minimum absolute atomic E-state index is 0.133. The third-order valence-corrected chi connectivity index (χ3v) is 4.76. The van der Waals surface area contributed by atoms with Gasteiger partial charge in [0.1, 0.15) is 5.82 Å². The van der Waals surface area contributed by atoms with Crippen molar-refractivity contribution in [1.82, 2.24) is 9.97 Å². The maximum atomic E-state index is 4.62. The molecule has 0 aliphatic heterocycles. The van der Waals surface area contributed by atoms with Gasteiger partial charge in [-0.25, -0.2) is 9.97 Å². The first-order valence-corrected chi connectivity index (χ1v) is 6.50. The molecule has 0 bridgehead atoms. The molecule has 0 saturated heterocycles. The highest BCUT2D eigenvalue weighted by molar-refractivity contribution is 5.22. The summed E-state index contributed by atoms with van der Waals surface area (Å²) < 4.78 is 0. The zero-order valence-corrected chi connectivity index (χ0v) is 12.0. The lowest BCUT2D eigenvalue weighted by atomic mass is 9.51. The summed E-state index contributed by atoms with van der Waals surface area (Å²) in [4.78, 5) is 9.25. The Kier molecular flexibility index (Phi) is 2.61. The van der Waals surface area contributed by atoms with Crippen molar-refractivity contribution in [2.45, 2.75) is 65.2 Å². The van der Waals surface area contributed by atoms with E-state index in [9.17, 15) is 0 Å². The minimum atomic E-state index is 0.133. The fourth-order valence-electron chi connectivity index (χ4n) is 2.41. The maximum absolute atomic E-state index is 4.62. The molecule has 2 rings (SSSR count). The first-order chi connectivity index (χ1) is 7.67. The SMILES string of the molecule is CC(C)(C)c1cnc(C2(C)CCC2(C)C)nc1. The maximum Gasteiger partial charge on any atom is 0.134 e. The van der Waals surface area contributed by atoms with Crippen LogP contribution in [0.4, 0.5) is 0 Å². The number of rotatable bonds is 1. The molecule has 0 N–H and O–H groups in total. The number of hydrogen-bond donors (Lipinski definition) is 0. The van der Waals surface area contributed by atoms with Gasteiger partial charge in [0.05, 0.1) is 0 Å². The van der Waals surface area contributed by atoms with Crippen LogP contribution in [-0.4, -0.2) is 9.97 Å². The van der Waals surface area contributed by atoms with Crippen LogP contribution in [0.5, 0.6) is 0 Å². The van der Waals surface area contributed by atoms with Crippen molar-refractivity contribution in [2.24, 2.45) is 5.41 Å². The molecule has 2 nitrogen and oxygen atoms in total. The highest BCUT2D eigenvalue weighted by atomic mass is 14.9. The Bertz CT molecular complexity index is 412. The second-order valence-electron chi connectivity index (χ2n) is 7.26. The molecule has 1 heterocycles. The van der Waals surface area contributed by atoms with Crippen molar-refractivity contribution in [3.05, 3.63) is 23.8 Å². The second kappa shape index (κ2) is 3.54. The molecule has 2 heteroatoms. The molecule has 1 fully saturated rings. The molecule has 0 radical (unpaired) electrons. The summed E-state index contributed by atoms with van der Waals surface area (Å²) in [5.74, 6) is 1.02. The second-order valence-corrected chi connectivity index (χ2v) is 7.26. The molecule has 0 aromatic carbocycles. The molecule has 94 valence electrons. The van der Waals surface area contributed by atoms with Gasteiger partial charge >= 0.3 is 0 Å². The standard InChI is InChI=1S/C15H24N2/c1-13(2,3)11-9-16-12(17-10-11)15(6)8-7-14(15,4)5/h9-10H,7-8H2,1-6H3. The zero-order chi connectivity index (χ0) is 12.9. The van der Waals surface area contributed by atoms with Crippen molar-refractivity contribution in [1.29, 1.82) is 0 Å². The Balaban J connectivity index is 2.31. The summed E-state index contributed by atoms with van der Waals surface area (Å²) in [6.45, 7) is 13.5. The van der Waals surface area contributed by atoms with E-state index in [0.29, 0.717) is 5.41 Å². The Labute approximate surface area is 105 Å². The van der Waals surface area contributed by atoms with Crippen LogP contribution in [0.2, 0.25) is 0 Å². The van der Waals surface area contributed by atoms with E-state index in [-0.39, 0.29) is 10.8 Å². The van der Waals surface area contributed by atoms with Crippen molar-refractivity contribution < 1.29 is 0 Å². The van der Waals surface area contributed by atoms with Crippen molar-refractivity contribution in [2.75, 3.05) is 0 Å². The Morgan fingerprint density at radius 1 is 1.00 bits per heavy atom. The topological polar surface area (TPSA) is 25.8 Å². The van der Waals surface area contributed by atoms with E-state index in [4.69, 9.17) is 0 Å².